The molecule has 1 rings (SSSR count). The molecule has 0 fully saturated rings. The van der Waals surface area contributed by atoms with Gasteiger partial charge in [0.15, 0.2) is 0 Å². The third kappa shape index (κ3) is 4.85. The van der Waals surface area contributed by atoms with E-state index in [1.807, 2.05) is 30.3 Å². The van der Waals surface area contributed by atoms with E-state index < -0.39 is 6.10 Å². The maximum atomic E-state index is 9.61. The number of hydrogen-bond acceptors (Lipinski definition) is 1. The molecule has 0 aliphatic heterocycles. The summed E-state index contributed by atoms with van der Waals surface area (Å²) in [5, 5.41) is 9.61. The topological polar surface area (TPSA) is 20.2 Å². The van der Waals surface area contributed by atoms with E-state index in [1.165, 1.54) is 6.08 Å². The van der Waals surface area contributed by atoms with Gasteiger partial charge >= 0.3 is 0 Å². The fourth-order valence-corrected chi connectivity index (χ4v) is 1.04. The SMILES string of the molecule is [CH-]=CC=[C-]CC(O)c1ccccc1.[Y]. The van der Waals surface area contributed by atoms with E-state index in [9.17, 15) is 5.11 Å². The maximum Gasteiger partial charge on any atom is 0.0652 e. The van der Waals surface area contributed by atoms with Crippen LogP contribution in [0.2, 0.25) is 0 Å². The van der Waals surface area contributed by atoms with Gasteiger partial charge in [-0.1, -0.05) is 36.8 Å². The van der Waals surface area contributed by atoms with Gasteiger partial charge in [-0.3, -0.25) is 0 Å². The fourth-order valence-electron chi connectivity index (χ4n) is 1.04. The van der Waals surface area contributed by atoms with Crippen LogP contribution in [0.1, 0.15) is 18.1 Å². The van der Waals surface area contributed by atoms with Crippen molar-refractivity contribution in [2.75, 3.05) is 0 Å². The van der Waals surface area contributed by atoms with Crippen molar-refractivity contribution in [2.24, 2.45) is 0 Å². The Kier molecular flexibility index (Phi) is 7.97. The molecule has 2 heteroatoms. The Morgan fingerprint density at radius 2 is 2.00 bits per heavy atom. The first-order valence-electron chi connectivity index (χ1n) is 4.17. The van der Waals surface area contributed by atoms with Crippen LogP contribution in [0.15, 0.2) is 42.5 Å². The molecule has 1 radical (unpaired) electrons. The van der Waals surface area contributed by atoms with E-state index in [-0.39, 0.29) is 32.7 Å². The minimum absolute atomic E-state index is 0. The zero-order chi connectivity index (χ0) is 9.52. The van der Waals surface area contributed by atoms with E-state index >= 15 is 0 Å². The minimum Gasteiger partial charge on any atom is -0.394 e. The molecule has 0 amide bonds. The molecular weight excluding hydrogens is 249 g/mol. The second-order valence-corrected chi connectivity index (χ2v) is 2.69. The molecule has 71 valence electrons. The Morgan fingerprint density at radius 1 is 1.36 bits per heavy atom. The summed E-state index contributed by atoms with van der Waals surface area (Å²) in [6.45, 7) is 5.13. The molecule has 1 aromatic carbocycles. The number of aliphatic hydroxyl groups excluding tert-OH is 1. The normalized spacial score (nSPS) is 12.1. The summed E-state index contributed by atoms with van der Waals surface area (Å²) in [6.07, 6.45) is 5.86. The maximum absolute atomic E-state index is 9.61. The standard InChI is InChI=1S/C12H12O.Y/c1-2-3-5-10-12(13)11-8-6-4-7-9-11;/h1-4,6-9,12-13H,10H2;/q-2;. The molecule has 1 aromatic rings. The van der Waals surface area contributed by atoms with Crippen LogP contribution in [0.4, 0.5) is 0 Å². The summed E-state index contributed by atoms with van der Waals surface area (Å²) in [6, 6.07) is 9.50. The van der Waals surface area contributed by atoms with E-state index in [0.29, 0.717) is 6.42 Å². The summed E-state index contributed by atoms with van der Waals surface area (Å²) in [5.74, 6) is 0. The van der Waals surface area contributed by atoms with Crippen molar-refractivity contribution >= 4 is 0 Å². The van der Waals surface area contributed by atoms with E-state index in [2.05, 4.69) is 6.08 Å². The third-order valence-electron chi connectivity index (χ3n) is 1.71. The summed E-state index contributed by atoms with van der Waals surface area (Å²) < 4.78 is 0. The van der Waals surface area contributed by atoms with Crippen molar-refractivity contribution in [1.82, 2.24) is 0 Å². The molecule has 0 aliphatic carbocycles. The predicted molar refractivity (Wildman–Crippen MR) is 52.7 cm³/mol. The number of allylic oxidation sites excluding steroid dienone is 2. The van der Waals surface area contributed by atoms with Gasteiger partial charge in [0, 0.05) is 32.7 Å². The Labute approximate surface area is 110 Å². The van der Waals surface area contributed by atoms with Crippen molar-refractivity contribution in [3.05, 3.63) is 60.7 Å². The van der Waals surface area contributed by atoms with Gasteiger partial charge in [0.25, 0.3) is 0 Å². The molecule has 0 spiro atoms. The Morgan fingerprint density at radius 3 is 2.57 bits per heavy atom. The Bertz CT molecular complexity index is 280. The van der Waals surface area contributed by atoms with E-state index in [4.69, 9.17) is 6.58 Å². The first-order valence-corrected chi connectivity index (χ1v) is 4.17. The third-order valence-corrected chi connectivity index (χ3v) is 1.71. The van der Waals surface area contributed by atoms with Crippen molar-refractivity contribution < 1.29 is 37.8 Å². The summed E-state index contributed by atoms with van der Waals surface area (Å²) in [7, 11) is 0. The van der Waals surface area contributed by atoms with Gasteiger partial charge in [-0.2, -0.15) is 0 Å². The average molecular weight is 261 g/mol. The zero-order valence-electron chi connectivity index (χ0n) is 7.93. The van der Waals surface area contributed by atoms with Crippen LogP contribution in [-0.4, -0.2) is 5.11 Å². The first kappa shape index (κ1) is 13.8. The summed E-state index contributed by atoms with van der Waals surface area (Å²) >= 11 is 0. The van der Waals surface area contributed by atoms with Gasteiger partial charge < -0.3 is 29.9 Å². The van der Waals surface area contributed by atoms with Crippen LogP contribution in [0.5, 0.6) is 0 Å². The monoisotopic (exact) mass is 261 g/mol. The van der Waals surface area contributed by atoms with Crippen LogP contribution < -0.4 is 0 Å². The van der Waals surface area contributed by atoms with Gasteiger partial charge in [0.1, 0.15) is 0 Å². The van der Waals surface area contributed by atoms with Crippen molar-refractivity contribution in [2.45, 2.75) is 12.5 Å². The molecule has 1 nitrogen and oxygen atoms in total. The van der Waals surface area contributed by atoms with Gasteiger partial charge in [-0.05, 0) is 5.56 Å². The van der Waals surface area contributed by atoms with Crippen LogP contribution in [-0.2, 0) is 32.7 Å². The Balaban J connectivity index is 0.00000169. The first-order chi connectivity index (χ1) is 6.34. The van der Waals surface area contributed by atoms with Gasteiger partial charge in [0.2, 0.25) is 0 Å². The van der Waals surface area contributed by atoms with E-state index in [1.54, 1.807) is 6.08 Å². The van der Waals surface area contributed by atoms with Crippen molar-refractivity contribution in [3.8, 4) is 0 Å². The van der Waals surface area contributed by atoms with Gasteiger partial charge in [-0.25, -0.2) is 0 Å². The number of benzene rings is 1. The molecule has 14 heavy (non-hydrogen) atoms. The van der Waals surface area contributed by atoms with E-state index in [0.717, 1.165) is 5.56 Å². The second kappa shape index (κ2) is 8.10. The predicted octanol–water partition coefficient (Wildman–Crippen LogP) is 2.46. The minimum atomic E-state index is -0.489. The van der Waals surface area contributed by atoms with Gasteiger partial charge in [-0.15, -0.1) is 0 Å². The second-order valence-electron chi connectivity index (χ2n) is 2.69. The summed E-state index contributed by atoms with van der Waals surface area (Å²) in [4.78, 5) is 0. The molecule has 0 aromatic heterocycles. The van der Waals surface area contributed by atoms with Crippen LogP contribution in [0.3, 0.4) is 0 Å². The molecule has 1 N–H and O–H groups in total. The smallest absolute Gasteiger partial charge is 0.0652 e. The molecule has 0 aliphatic rings. The van der Waals surface area contributed by atoms with Crippen LogP contribution >= 0.6 is 0 Å². The quantitative estimate of drug-likeness (QED) is 0.652. The van der Waals surface area contributed by atoms with Gasteiger partial charge in [0.05, 0.1) is 6.10 Å². The molecule has 1 unspecified atom stereocenters. The van der Waals surface area contributed by atoms with Crippen molar-refractivity contribution in [1.29, 1.82) is 0 Å². The molecule has 0 heterocycles. The molecule has 1 atom stereocenters. The number of aliphatic hydroxyl groups is 1. The van der Waals surface area contributed by atoms with Crippen LogP contribution in [0, 0.1) is 12.7 Å². The molecular formula is C12H12OY-2. The van der Waals surface area contributed by atoms with Crippen LogP contribution in [0.25, 0.3) is 0 Å². The molecule has 0 saturated heterocycles. The molecule has 0 bridgehead atoms. The number of rotatable bonds is 4. The zero-order valence-corrected chi connectivity index (χ0v) is 10.8. The fraction of sp³-hybridized carbons (Fsp3) is 0.167. The molecule has 0 saturated carbocycles. The average Bonchev–Trinajstić information content (AvgIpc) is 2.19. The van der Waals surface area contributed by atoms with Crippen molar-refractivity contribution in [3.63, 3.8) is 0 Å². The largest absolute Gasteiger partial charge is 0.394 e. The Hall–Kier alpha value is -0.236. The number of hydrogen-bond donors (Lipinski definition) is 1. The summed E-state index contributed by atoms with van der Waals surface area (Å²) in [5.41, 5.74) is 0.903.